The molecule has 0 spiro atoms. The lowest BCUT2D eigenvalue weighted by Gasteiger charge is -2.37. The maximum Gasteiger partial charge on any atom is 0.271 e. The van der Waals surface area contributed by atoms with E-state index < -0.39 is 11.6 Å². The summed E-state index contributed by atoms with van der Waals surface area (Å²) in [5.74, 6) is -1.16. The standard InChI is InChI=1S/C28H29F2N5O2/c1-18-16-28(37,35-17-32-25(26(31)36)27(35)33-18)12-15-34-13-10-19(11-14-34)24(20-6-2-4-8-22(20)29)21-7-3-5-9-23(21)30/h2-9,17,37H,10-16H2,1H3,(H2,31,36). The second-order valence-electron chi connectivity index (χ2n) is 9.69. The molecule has 2 aromatic carbocycles. The van der Waals surface area contributed by atoms with E-state index in [9.17, 15) is 18.7 Å². The highest BCUT2D eigenvalue weighted by molar-refractivity contribution is 5.97. The van der Waals surface area contributed by atoms with Gasteiger partial charge in [0.2, 0.25) is 0 Å². The van der Waals surface area contributed by atoms with E-state index in [0.717, 1.165) is 5.57 Å². The van der Waals surface area contributed by atoms with E-state index in [2.05, 4.69) is 14.9 Å². The second kappa shape index (κ2) is 9.99. The smallest absolute Gasteiger partial charge is 0.271 e. The third kappa shape index (κ3) is 4.84. The van der Waals surface area contributed by atoms with Crippen molar-refractivity contribution in [2.45, 2.75) is 38.3 Å². The van der Waals surface area contributed by atoms with E-state index in [1.54, 1.807) is 43.3 Å². The summed E-state index contributed by atoms with van der Waals surface area (Å²) < 4.78 is 31.2. The number of benzene rings is 2. The number of aliphatic imine (C=N–C) groups is 1. The summed E-state index contributed by atoms with van der Waals surface area (Å²) in [6.45, 7) is 3.77. The highest BCUT2D eigenvalue weighted by Crippen LogP contribution is 2.37. The van der Waals surface area contributed by atoms with Gasteiger partial charge >= 0.3 is 0 Å². The number of aliphatic hydroxyl groups is 1. The number of halogens is 2. The molecule has 3 aromatic rings. The first-order valence-electron chi connectivity index (χ1n) is 12.3. The van der Waals surface area contributed by atoms with Crippen molar-refractivity contribution < 1.29 is 18.7 Å². The Morgan fingerprint density at radius 3 is 2.22 bits per heavy atom. The summed E-state index contributed by atoms with van der Waals surface area (Å²) in [4.78, 5) is 22.4. The number of piperidine rings is 1. The quantitative estimate of drug-likeness (QED) is 0.519. The molecule has 1 fully saturated rings. The van der Waals surface area contributed by atoms with Crippen LogP contribution in [0.25, 0.3) is 5.57 Å². The number of hydrogen-bond donors (Lipinski definition) is 2. The van der Waals surface area contributed by atoms with Gasteiger partial charge in [-0.3, -0.25) is 9.36 Å². The minimum absolute atomic E-state index is 0.0408. The molecule has 0 bridgehead atoms. The molecule has 2 aliphatic heterocycles. The summed E-state index contributed by atoms with van der Waals surface area (Å²) in [6, 6.07) is 13.0. The third-order valence-corrected chi connectivity index (χ3v) is 7.19. The van der Waals surface area contributed by atoms with Crippen LogP contribution in [0.3, 0.4) is 0 Å². The molecule has 3 heterocycles. The predicted octanol–water partition coefficient (Wildman–Crippen LogP) is 4.39. The number of nitrogens with zero attached hydrogens (tertiary/aromatic N) is 4. The molecule has 9 heteroatoms. The van der Waals surface area contributed by atoms with E-state index in [4.69, 9.17) is 5.73 Å². The van der Waals surface area contributed by atoms with Gasteiger partial charge in [-0.05, 0) is 37.5 Å². The number of likely N-dealkylation sites (tertiary alicyclic amines) is 1. The Hall–Kier alpha value is -3.69. The van der Waals surface area contributed by atoms with Gasteiger partial charge in [0.25, 0.3) is 5.91 Å². The largest absolute Gasteiger partial charge is 0.370 e. The minimum Gasteiger partial charge on any atom is -0.370 e. The monoisotopic (exact) mass is 505 g/mol. The molecule has 37 heavy (non-hydrogen) atoms. The third-order valence-electron chi connectivity index (χ3n) is 7.19. The average molecular weight is 506 g/mol. The zero-order chi connectivity index (χ0) is 26.2. The van der Waals surface area contributed by atoms with Gasteiger partial charge in [0.1, 0.15) is 11.6 Å². The van der Waals surface area contributed by atoms with Crippen molar-refractivity contribution in [2.75, 3.05) is 19.6 Å². The molecule has 3 N–H and O–H groups in total. The van der Waals surface area contributed by atoms with Crippen molar-refractivity contribution in [3.8, 4) is 0 Å². The zero-order valence-electron chi connectivity index (χ0n) is 20.6. The summed E-state index contributed by atoms with van der Waals surface area (Å²) in [5.41, 5.74) is 7.32. The first kappa shape index (κ1) is 25.0. The Labute approximate surface area is 214 Å². The van der Waals surface area contributed by atoms with Crippen molar-refractivity contribution in [1.82, 2.24) is 14.5 Å². The van der Waals surface area contributed by atoms with Crippen LogP contribution in [0.15, 0.2) is 65.4 Å². The van der Waals surface area contributed by atoms with Crippen LogP contribution in [0.2, 0.25) is 0 Å². The first-order chi connectivity index (χ1) is 17.8. The van der Waals surface area contributed by atoms with Crippen LogP contribution in [-0.2, 0) is 5.72 Å². The SMILES string of the molecule is CC1=Nc2c(C(N)=O)ncn2C(O)(CCN2CCC(=C(c3ccccc3F)c3ccccc3F)CC2)C1. The molecule has 0 radical (unpaired) electrons. The Kier molecular flexibility index (Phi) is 6.74. The average Bonchev–Trinajstić information content (AvgIpc) is 3.31. The van der Waals surface area contributed by atoms with Gasteiger partial charge in [-0.1, -0.05) is 42.0 Å². The predicted molar refractivity (Wildman–Crippen MR) is 137 cm³/mol. The Morgan fingerprint density at radius 1 is 1.05 bits per heavy atom. The maximum atomic E-state index is 14.8. The molecule has 1 amide bonds. The van der Waals surface area contributed by atoms with Crippen molar-refractivity contribution in [3.63, 3.8) is 0 Å². The highest BCUT2D eigenvalue weighted by atomic mass is 19.1. The molecular weight excluding hydrogens is 476 g/mol. The van der Waals surface area contributed by atoms with Crippen molar-refractivity contribution in [2.24, 2.45) is 10.7 Å². The first-order valence-corrected chi connectivity index (χ1v) is 12.3. The van der Waals surface area contributed by atoms with E-state index in [-0.39, 0.29) is 23.1 Å². The number of imidazole rings is 1. The van der Waals surface area contributed by atoms with Crippen LogP contribution in [0.4, 0.5) is 14.6 Å². The Morgan fingerprint density at radius 2 is 1.65 bits per heavy atom. The van der Waals surface area contributed by atoms with E-state index in [0.29, 0.717) is 67.7 Å². The highest BCUT2D eigenvalue weighted by Gasteiger charge is 2.37. The van der Waals surface area contributed by atoms with Gasteiger partial charge in [-0.2, -0.15) is 0 Å². The summed E-state index contributed by atoms with van der Waals surface area (Å²) in [6.07, 6.45) is 3.43. The Balaban J connectivity index is 1.35. The van der Waals surface area contributed by atoms with Crippen LogP contribution >= 0.6 is 0 Å². The fourth-order valence-corrected chi connectivity index (χ4v) is 5.34. The Bertz CT molecular complexity index is 1360. The lowest BCUT2D eigenvalue weighted by atomic mass is 9.87. The molecule has 7 nitrogen and oxygen atoms in total. The van der Waals surface area contributed by atoms with Crippen LogP contribution < -0.4 is 5.73 Å². The summed E-state index contributed by atoms with van der Waals surface area (Å²) in [7, 11) is 0. The van der Waals surface area contributed by atoms with Crippen LogP contribution in [0.5, 0.6) is 0 Å². The normalized spacial score (nSPS) is 19.9. The van der Waals surface area contributed by atoms with Crippen molar-refractivity contribution in [1.29, 1.82) is 0 Å². The molecule has 2 aliphatic rings. The fraction of sp³-hybridized carbons (Fsp3) is 0.321. The lowest BCUT2D eigenvalue weighted by Crippen LogP contribution is -2.42. The number of rotatable bonds is 6. The van der Waals surface area contributed by atoms with E-state index in [1.165, 1.54) is 23.0 Å². The number of carbonyl (C=O) groups excluding carboxylic acids is 1. The number of hydrogen-bond acceptors (Lipinski definition) is 5. The molecule has 0 aliphatic carbocycles. The summed E-state index contributed by atoms with van der Waals surface area (Å²) >= 11 is 0. The van der Waals surface area contributed by atoms with Crippen LogP contribution in [0, 0.1) is 11.6 Å². The van der Waals surface area contributed by atoms with Crippen LogP contribution in [-0.4, -0.2) is 50.8 Å². The van der Waals surface area contributed by atoms with Gasteiger partial charge in [0.15, 0.2) is 17.2 Å². The van der Waals surface area contributed by atoms with Gasteiger partial charge in [0.05, 0.1) is 6.33 Å². The number of primary amides is 1. The molecule has 1 atom stereocenters. The number of aromatic nitrogens is 2. The molecule has 1 unspecified atom stereocenters. The topological polar surface area (TPSA) is 96.7 Å². The maximum absolute atomic E-state index is 14.8. The molecule has 0 saturated carbocycles. The lowest BCUT2D eigenvalue weighted by molar-refractivity contribution is -0.0467. The molecule has 1 aromatic heterocycles. The van der Waals surface area contributed by atoms with Gasteiger partial charge in [0, 0.05) is 49.3 Å². The number of carbonyl (C=O) groups is 1. The molecule has 192 valence electrons. The molecular formula is C28H29F2N5O2. The summed E-state index contributed by atoms with van der Waals surface area (Å²) in [5, 5.41) is 11.5. The molecule has 1 saturated heterocycles. The second-order valence-corrected chi connectivity index (χ2v) is 9.69. The van der Waals surface area contributed by atoms with Gasteiger partial charge in [-0.15, -0.1) is 0 Å². The number of fused-ring (bicyclic) bond motifs is 1. The van der Waals surface area contributed by atoms with Gasteiger partial charge < -0.3 is 15.7 Å². The molecule has 5 rings (SSSR count). The van der Waals surface area contributed by atoms with Crippen molar-refractivity contribution in [3.05, 3.63) is 88.9 Å². The fourth-order valence-electron chi connectivity index (χ4n) is 5.34. The van der Waals surface area contributed by atoms with Crippen molar-refractivity contribution >= 4 is 23.0 Å². The van der Waals surface area contributed by atoms with Gasteiger partial charge in [-0.25, -0.2) is 18.8 Å². The zero-order valence-corrected chi connectivity index (χ0v) is 20.6. The minimum atomic E-state index is -1.27. The van der Waals surface area contributed by atoms with Crippen LogP contribution in [0.1, 0.15) is 54.2 Å². The number of amides is 1. The number of nitrogens with two attached hydrogens (primary N) is 1. The van der Waals surface area contributed by atoms with E-state index in [1.807, 2.05) is 0 Å². The van der Waals surface area contributed by atoms with E-state index >= 15 is 0 Å².